The molecule has 0 unspecified atom stereocenters. The zero-order chi connectivity index (χ0) is 16.0. The van der Waals surface area contributed by atoms with E-state index in [2.05, 4.69) is 14.1 Å². The van der Waals surface area contributed by atoms with Gasteiger partial charge in [0, 0.05) is 17.0 Å². The summed E-state index contributed by atoms with van der Waals surface area (Å²) in [5.74, 6) is 0. The smallest absolute Gasteiger partial charge is 0.359 e. The van der Waals surface area contributed by atoms with Crippen molar-refractivity contribution in [1.29, 1.82) is 0 Å². The van der Waals surface area contributed by atoms with E-state index in [0.717, 1.165) is 17.7 Å². The topological polar surface area (TPSA) is 74.8 Å². The first kappa shape index (κ1) is 14.9. The molecule has 3 rings (SSSR count). The third kappa shape index (κ3) is 2.55. The molecule has 0 atom stereocenters. The fourth-order valence-corrected chi connectivity index (χ4v) is 3.88. The number of rotatable bonds is 3. The summed E-state index contributed by atoms with van der Waals surface area (Å²) in [6, 6.07) is 4.02. The van der Waals surface area contributed by atoms with E-state index in [1.807, 2.05) is 0 Å². The van der Waals surface area contributed by atoms with E-state index in [1.165, 1.54) is 29.8 Å². The van der Waals surface area contributed by atoms with Crippen LogP contribution < -0.4 is 4.72 Å². The zero-order valence-corrected chi connectivity index (χ0v) is 12.3. The number of hydrogen-bond acceptors (Lipinski definition) is 4. The third-order valence-corrected chi connectivity index (χ3v) is 5.05. The van der Waals surface area contributed by atoms with Gasteiger partial charge in [-0.25, -0.2) is 8.42 Å². The molecule has 1 aromatic carbocycles. The minimum atomic E-state index is -4.52. The molecule has 2 heterocycles. The summed E-state index contributed by atoms with van der Waals surface area (Å²) in [6.07, 6.45) is -2.54. The Morgan fingerprint density at radius 2 is 2.05 bits per heavy atom. The second-order valence-electron chi connectivity index (χ2n) is 4.39. The van der Waals surface area contributed by atoms with Gasteiger partial charge in [-0.3, -0.25) is 4.72 Å². The van der Waals surface area contributed by atoms with E-state index in [9.17, 15) is 21.6 Å². The number of aromatic amines is 1. The maximum Gasteiger partial charge on any atom is 0.418 e. The molecule has 0 aliphatic heterocycles. The second kappa shape index (κ2) is 4.99. The van der Waals surface area contributed by atoms with Crippen LogP contribution in [0.5, 0.6) is 0 Å². The van der Waals surface area contributed by atoms with E-state index in [1.54, 1.807) is 0 Å². The van der Waals surface area contributed by atoms with Crippen molar-refractivity contribution < 1.29 is 21.6 Å². The number of nitrogens with one attached hydrogen (secondary N) is 2. The molecule has 0 aliphatic rings. The number of anilines is 1. The zero-order valence-electron chi connectivity index (χ0n) is 10.7. The minimum Gasteiger partial charge on any atom is -0.359 e. The first-order valence-electron chi connectivity index (χ1n) is 5.88. The molecule has 0 fully saturated rings. The number of H-pyrrole nitrogens is 1. The van der Waals surface area contributed by atoms with E-state index >= 15 is 0 Å². The second-order valence-corrected chi connectivity index (χ2v) is 6.73. The summed E-state index contributed by atoms with van der Waals surface area (Å²) < 4.78 is 68.9. The van der Waals surface area contributed by atoms with Gasteiger partial charge in [0.2, 0.25) is 0 Å². The van der Waals surface area contributed by atoms with Crippen molar-refractivity contribution in [3.05, 3.63) is 41.5 Å². The molecule has 0 bridgehead atoms. The van der Waals surface area contributed by atoms with Gasteiger partial charge in [0.1, 0.15) is 4.90 Å². The minimum absolute atomic E-state index is 0.0409. The molecule has 0 amide bonds. The Kier molecular flexibility index (Phi) is 3.37. The van der Waals surface area contributed by atoms with Gasteiger partial charge in [-0.2, -0.15) is 17.5 Å². The maximum absolute atomic E-state index is 12.9. The van der Waals surface area contributed by atoms with Crippen molar-refractivity contribution in [3.8, 4) is 0 Å². The predicted octanol–water partition coefficient (Wildman–Crippen LogP) is 3.44. The molecule has 116 valence electrons. The van der Waals surface area contributed by atoms with E-state index < -0.39 is 21.8 Å². The lowest BCUT2D eigenvalue weighted by atomic mass is 10.1. The van der Waals surface area contributed by atoms with Crippen molar-refractivity contribution in [1.82, 2.24) is 9.36 Å². The van der Waals surface area contributed by atoms with Gasteiger partial charge in [0.05, 0.1) is 23.0 Å². The summed E-state index contributed by atoms with van der Waals surface area (Å²) in [4.78, 5) is 2.43. The van der Waals surface area contributed by atoms with Crippen LogP contribution in [-0.4, -0.2) is 17.8 Å². The molecule has 0 spiro atoms. The highest BCUT2D eigenvalue weighted by Gasteiger charge is 2.34. The van der Waals surface area contributed by atoms with Crippen molar-refractivity contribution in [2.75, 3.05) is 4.72 Å². The molecule has 10 heteroatoms. The van der Waals surface area contributed by atoms with Crippen LogP contribution in [0.2, 0.25) is 0 Å². The Morgan fingerprint density at radius 1 is 1.27 bits per heavy atom. The van der Waals surface area contributed by atoms with Gasteiger partial charge in [0.25, 0.3) is 10.0 Å². The standard InChI is InChI=1S/C12H8F3N3O2S2/c13-12(14,15)9-5-16-11-8(9)2-1-3-10(11)18-22(19,20)7-4-17-21-6-7/h1-6,16,18H. The Bertz CT molecular complexity index is 915. The number of para-hydroxylation sites is 1. The van der Waals surface area contributed by atoms with Gasteiger partial charge in [-0.05, 0) is 17.6 Å². The molecular formula is C12H8F3N3O2S2. The number of fused-ring (bicyclic) bond motifs is 1. The SMILES string of the molecule is O=S(=O)(Nc1cccc2c(C(F)(F)F)c[nH]c12)c1cnsc1. The summed E-state index contributed by atoms with van der Waals surface area (Å²) >= 11 is 0.962. The van der Waals surface area contributed by atoms with E-state index in [4.69, 9.17) is 0 Å². The molecule has 3 aromatic rings. The van der Waals surface area contributed by atoms with Crippen LogP contribution in [0, 0.1) is 0 Å². The van der Waals surface area contributed by atoms with Crippen LogP contribution in [0.25, 0.3) is 10.9 Å². The van der Waals surface area contributed by atoms with Crippen molar-refractivity contribution in [3.63, 3.8) is 0 Å². The average molecular weight is 347 g/mol. The van der Waals surface area contributed by atoms with Crippen LogP contribution >= 0.6 is 11.5 Å². The Balaban J connectivity index is 2.08. The molecule has 0 aliphatic carbocycles. The maximum atomic E-state index is 12.9. The van der Waals surface area contributed by atoms with E-state index in [0.29, 0.717) is 0 Å². The third-order valence-electron chi connectivity index (χ3n) is 2.99. The number of aromatic nitrogens is 2. The highest BCUT2D eigenvalue weighted by molar-refractivity contribution is 7.92. The number of sulfonamides is 1. The summed E-state index contributed by atoms with van der Waals surface area (Å²) in [5, 5.41) is 1.23. The fraction of sp³-hybridized carbons (Fsp3) is 0.0833. The number of alkyl halides is 3. The fourth-order valence-electron chi connectivity index (χ4n) is 2.01. The molecule has 0 radical (unpaired) electrons. The summed E-state index contributed by atoms with van der Waals surface area (Å²) in [6.45, 7) is 0. The van der Waals surface area contributed by atoms with Crippen LogP contribution in [0.1, 0.15) is 5.56 Å². The Labute approximate surface area is 127 Å². The largest absolute Gasteiger partial charge is 0.418 e. The highest BCUT2D eigenvalue weighted by atomic mass is 32.2. The Morgan fingerprint density at radius 3 is 2.68 bits per heavy atom. The molecule has 0 saturated heterocycles. The first-order valence-corrected chi connectivity index (χ1v) is 8.20. The van der Waals surface area contributed by atoms with Crippen LogP contribution in [0.15, 0.2) is 40.9 Å². The number of nitrogens with zero attached hydrogens (tertiary/aromatic N) is 1. The Hall–Kier alpha value is -2.07. The lowest BCUT2D eigenvalue weighted by Crippen LogP contribution is -2.12. The lowest BCUT2D eigenvalue weighted by molar-refractivity contribution is -0.136. The van der Waals surface area contributed by atoms with Crippen LogP contribution in [-0.2, 0) is 16.2 Å². The van der Waals surface area contributed by atoms with Crippen molar-refractivity contribution in [2.45, 2.75) is 11.1 Å². The van der Waals surface area contributed by atoms with Gasteiger partial charge in [-0.15, -0.1) is 0 Å². The normalized spacial score (nSPS) is 12.7. The van der Waals surface area contributed by atoms with Gasteiger partial charge >= 0.3 is 6.18 Å². The predicted molar refractivity (Wildman–Crippen MR) is 76.2 cm³/mol. The highest BCUT2D eigenvalue weighted by Crippen LogP contribution is 2.37. The van der Waals surface area contributed by atoms with Gasteiger partial charge in [-0.1, -0.05) is 12.1 Å². The molecule has 2 N–H and O–H groups in total. The van der Waals surface area contributed by atoms with Gasteiger partial charge in [0.15, 0.2) is 0 Å². The number of hydrogen-bond donors (Lipinski definition) is 2. The molecular weight excluding hydrogens is 339 g/mol. The average Bonchev–Trinajstić information content (AvgIpc) is 3.08. The quantitative estimate of drug-likeness (QED) is 0.762. The summed E-state index contributed by atoms with van der Waals surface area (Å²) in [7, 11) is -3.89. The van der Waals surface area contributed by atoms with Crippen molar-refractivity contribution in [2.24, 2.45) is 0 Å². The first-order chi connectivity index (χ1) is 10.3. The number of benzene rings is 1. The molecule has 5 nitrogen and oxygen atoms in total. The number of halogens is 3. The molecule has 0 saturated carbocycles. The molecule has 2 aromatic heterocycles. The van der Waals surface area contributed by atoms with Crippen LogP contribution in [0.4, 0.5) is 18.9 Å². The summed E-state index contributed by atoms with van der Waals surface area (Å²) in [5.41, 5.74) is -0.735. The van der Waals surface area contributed by atoms with Crippen molar-refractivity contribution >= 4 is 38.1 Å². The van der Waals surface area contributed by atoms with E-state index in [-0.39, 0.29) is 21.5 Å². The monoisotopic (exact) mass is 347 g/mol. The molecule has 22 heavy (non-hydrogen) atoms. The van der Waals surface area contributed by atoms with Gasteiger partial charge < -0.3 is 4.98 Å². The lowest BCUT2D eigenvalue weighted by Gasteiger charge is -2.08. The van der Waals surface area contributed by atoms with Crippen LogP contribution in [0.3, 0.4) is 0 Å².